The van der Waals surface area contributed by atoms with E-state index in [9.17, 15) is 4.79 Å². The van der Waals surface area contributed by atoms with Crippen molar-refractivity contribution in [3.05, 3.63) is 71.1 Å². The van der Waals surface area contributed by atoms with Gasteiger partial charge in [0.2, 0.25) is 0 Å². The van der Waals surface area contributed by atoms with Crippen LogP contribution in [0.2, 0.25) is 0 Å². The highest BCUT2D eigenvalue weighted by Crippen LogP contribution is 2.42. The van der Waals surface area contributed by atoms with E-state index in [-0.39, 0.29) is 18.2 Å². The molecular formula is C27H28ClNO3S2. The number of hydrogen-bond acceptors (Lipinski definition) is 6. The first-order valence-corrected chi connectivity index (χ1v) is 13.1. The maximum atomic E-state index is 13.7. The fourth-order valence-electron chi connectivity index (χ4n) is 4.33. The third-order valence-electron chi connectivity index (χ3n) is 6.11. The molecule has 0 aliphatic carbocycles. The van der Waals surface area contributed by atoms with E-state index in [1.807, 2.05) is 53.9 Å². The van der Waals surface area contributed by atoms with Crippen LogP contribution in [0.15, 0.2) is 60.0 Å². The summed E-state index contributed by atoms with van der Waals surface area (Å²) in [6.45, 7) is 3.97. The predicted octanol–water partition coefficient (Wildman–Crippen LogP) is 7.16. The molecule has 4 nitrogen and oxygen atoms in total. The number of halogens is 1. The van der Waals surface area contributed by atoms with Gasteiger partial charge in [-0.25, -0.2) is 0 Å². The van der Waals surface area contributed by atoms with Crippen molar-refractivity contribution >= 4 is 50.9 Å². The molecule has 0 unspecified atom stereocenters. The molecule has 1 aliphatic rings. The maximum Gasteiger partial charge on any atom is 0.195 e. The van der Waals surface area contributed by atoms with Gasteiger partial charge in [-0.2, -0.15) is 0 Å². The van der Waals surface area contributed by atoms with Crippen LogP contribution >= 0.6 is 35.1 Å². The maximum absolute atomic E-state index is 13.7. The van der Waals surface area contributed by atoms with E-state index in [0.29, 0.717) is 12.2 Å². The number of piperidine rings is 1. The van der Waals surface area contributed by atoms with Gasteiger partial charge in [-0.15, -0.1) is 35.1 Å². The van der Waals surface area contributed by atoms with E-state index in [1.54, 1.807) is 29.8 Å². The van der Waals surface area contributed by atoms with Crippen LogP contribution in [0.5, 0.6) is 11.5 Å². The first kappa shape index (κ1) is 24.7. The number of benzene rings is 2. The third kappa shape index (κ3) is 5.31. The van der Waals surface area contributed by atoms with Gasteiger partial charge in [0, 0.05) is 32.6 Å². The summed E-state index contributed by atoms with van der Waals surface area (Å²) in [5.41, 5.74) is 1.44. The van der Waals surface area contributed by atoms with Gasteiger partial charge in [0.25, 0.3) is 0 Å². The molecule has 0 N–H and O–H groups in total. The van der Waals surface area contributed by atoms with Crippen LogP contribution in [-0.4, -0.2) is 44.0 Å². The molecule has 0 atom stereocenters. The number of hydrogen-bond donors (Lipinski definition) is 0. The van der Waals surface area contributed by atoms with E-state index in [2.05, 4.69) is 11.0 Å². The van der Waals surface area contributed by atoms with E-state index in [0.717, 1.165) is 43.4 Å². The Morgan fingerprint density at radius 3 is 2.47 bits per heavy atom. The molecule has 3 heterocycles. The highest BCUT2D eigenvalue weighted by Gasteiger charge is 2.22. The van der Waals surface area contributed by atoms with Crippen molar-refractivity contribution in [2.45, 2.75) is 19.3 Å². The predicted molar refractivity (Wildman–Crippen MR) is 145 cm³/mol. The second kappa shape index (κ2) is 11.4. The number of methoxy groups -OCH3 is 1. The molecule has 1 saturated heterocycles. The lowest BCUT2D eigenvalue weighted by Crippen LogP contribution is -2.33. The molecule has 0 spiro atoms. The highest BCUT2D eigenvalue weighted by molar-refractivity contribution is 7.26. The third-order valence-corrected chi connectivity index (χ3v) is 8.31. The molecular weight excluding hydrogens is 486 g/mol. The molecule has 2 aromatic carbocycles. The van der Waals surface area contributed by atoms with Crippen LogP contribution in [0.25, 0.3) is 19.8 Å². The van der Waals surface area contributed by atoms with Gasteiger partial charge in [0.05, 0.1) is 12.0 Å². The summed E-state index contributed by atoms with van der Waals surface area (Å²) in [7, 11) is 1.66. The first-order chi connectivity index (χ1) is 16.2. The Labute approximate surface area is 214 Å². The number of carbonyl (C=O) groups is 1. The number of nitrogens with zero attached hydrogens (tertiary/aromatic N) is 1. The standard InChI is InChI=1S/C27H27NO3S2.ClH/c1-30-21-11-12-22-24(18-21)33-27(23-6-5-17-32-23)25(22)26(29)19-7-9-20(10-8-19)31-16-15-28-13-3-2-4-14-28;/h5-12,17-18H,2-4,13-16H2,1H3;1H. The Kier molecular flexibility index (Phi) is 8.27. The second-order valence-electron chi connectivity index (χ2n) is 8.25. The van der Waals surface area contributed by atoms with Crippen molar-refractivity contribution < 1.29 is 14.3 Å². The van der Waals surface area contributed by atoms with Crippen molar-refractivity contribution in [1.82, 2.24) is 4.90 Å². The van der Waals surface area contributed by atoms with E-state index in [1.165, 1.54) is 32.4 Å². The lowest BCUT2D eigenvalue weighted by molar-refractivity contribution is 0.104. The van der Waals surface area contributed by atoms with Crippen molar-refractivity contribution in [1.29, 1.82) is 0 Å². The molecule has 1 aliphatic heterocycles. The van der Waals surface area contributed by atoms with Crippen LogP contribution < -0.4 is 9.47 Å². The van der Waals surface area contributed by atoms with Gasteiger partial charge in [-0.3, -0.25) is 9.69 Å². The SMILES string of the molecule is COc1ccc2c(C(=O)c3ccc(OCCN4CCCCC4)cc3)c(-c3cccs3)sc2c1.Cl. The Balaban J connectivity index is 0.00000274. The zero-order valence-corrected chi connectivity index (χ0v) is 21.6. The molecule has 178 valence electrons. The van der Waals surface area contributed by atoms with Crippen molar-refractivity contribution in [3.8, 4) is 21.3 Å². The van der Waals surface area contributed by atoms with Gasteiger partial charge in [-0.05, 0) is 79.8 Å². The summed E-state index contributed by atoms with van der Waals surface area (Å²) in [5.74, 6) is 1.64. The molecule has 34 heavy (non-hydrogen) atoms. The van der Waals surface area contributed by atoms with Crippen molar-refractivity contribution in [3.63, 3.8) is 0 Å². The fourth-order valence-corrected chi connectivity index (χ4v) is 6.42. The van der Waals surface area contributed by atoms with Crippen LogP contribution in [0.1, 0.15) is 35.2 Å². The summed E-state index contributed by atoms with van der Waals surface area (Å²) in [4.78, 5) is 18.2. The number of ketones is 1. The average molecular weight is 514 g/mol. The minimum atomic E-state index is 0. The second-order valence-corrected chi connectivity index (χ2v) is 10.2. The lowest BCUT2D eigenvalue weighted by Gasteiger charge is -2.26. The largest absolute Gasteiger partial charge is 0.497 e. The lowest BCUT2D eigenvalue weighted by atomic mass is 9.99. The smallest absolute Gasteiger partial charge is 0.195 e. The zero-order valence-electron chi connectivity index (χ0n) is 19.1. The normalized spacial score (nSPS) is 14.0. The van der Waals surface area contributed by atoms with Crippen LogP contribution in [-0.2, 0) is 0 Å². The van der Waals surface area contributed by atoms with E-state index in [4.69, 9.17) is 9.47 Å². The van der Waals surface area contributed by atoms with Crippen LogP contribution in [0.3, 0.4) is 0 Å². The average Bonchev–Trinajstić information content (AvgIpc) is 3.52. The Morgan fingerprint density at radius 2 is 1.76 bits per heavy atom. The monoisotopic (exact) mass is 513 g/mol. The Morgan fingerprint density at radius 1 is 1.00 bits per heavy atom. The summed E-state index contributed by atoms with van der Waals surface area (Å²) in [5, 5.41) is 3.01. The summed E-state index contributed by atoms with van der Waals surface area (Å²) in [6, 6.07) is 17.6. The van der Waals surface area contributed by atoms with Gasteiger partial charge in [0.1, 0.15) is 18.1 Å². The van der Waals surface area contributed by atoms with Crippen LogP contribution in [0.4, 0.5) is 0 Å². The highest BCUT2D eigenvalue weighted by atomic mass is 35.5. The van der Waals surface area contributed by atoms with Gasteiger partial charge >= 0.3 is 0 Å². The van der Waals surface area contributed by atoms with Gasteiger partial charge < -0.3 is 9.47 Å². The molecule has 1 fully saturated rings. The van der Waals surface area contributed by atoms with Crippen molar-refractivity contribution in [2.75, 3.05) is 33.4 Å². The van der Waals surface area contributed by atoms with Gasteiger partial charge in [-0.1, -0.05) is 12.5 Å². The molecule has 0 saturated carbocycles. The summed E-state index contributed by atoms with van der Waals surface area (Å²) >= 11 is 3.30. The molecule has 5 rings (SSSR count). The number of rotatable bonds is 8. The molecule has 0 amide bonds. The number of fused-ring (bicyclic) bond motifs is 1. The molecule has 2 aromatic heterocycles. The number of ether oxygens (including phenoxy) is 2. The molecule has 0 bridgehead atoms. The minimum Gasteiger partial charge on any atom is -0.497 e. The Bertz CT molecular complexity index is 1230. The summed E-state index contributed by atoms with van der Waals surface area (Å²) < 4.78 is 12.4. The number of carbonyl (C=O) groups excluding carboxylic acids is 1. The molecule has 4 aromatic rings. The summed E-state index contributed by atoms with van der Waals surface area (Å²) in [6.07, 6.45) is 3.91. The molecule has 7 heteroatoms. The topological polar surface area (TPSA) is 38.8 Å². The van der Waals surface area contributed by atoms with E-state index < -0.39 is 0 Å². The van der Waals surface area contributed by atoms with Gasteiger partial charge in [0.15, 0.2) is 5.78 Å². The minimum absolute atomic E-state index is 0. The first-order valence-electron chi connectivity index (χ1n) is 11.4. The fraction of sp³-hybridized carbons (Fsp3) is 0.296. The van der Waals surface area contributed by atoms with E-state index >= 15 is 0 Å². The number of thiophene rings is 2. The number of likely N-dealkylation sites (tertiary alicyclic amines) is 1. The zero-order chi connectivity index (χ0) is 22.6. The quantitative estimate of drug-likeness (QED) is 0.234. The molecule has 0 radical (unpaired) electrons. The van der Waals surface area contributed by atoms with Crippen molar-refractivity contribution in [2.24, 2.45) is 0 Å². The Hall–Kier alpha value is -2.38. The van der Waals surface area contributed by atoms with Crippen LogP contribution in [0, 0.1) is 0 Å².